The van der Waals surface area contributed by atoms with Gasteiger partial charge >= 0.3 is 53.9 Å². The SMILES string of the molecule is CCCCCCCCCCCCCCCC(=O)OCC(COC(=O)CCCCCCCCCCCCCCC)(COC(=O)CCCCCCCCCCCCCCC)CN(CC)CCOCCOCCOCCOC(=O)OCCCC(C(=O)O)N(CCN(CC(=O)O)CC(=O)O)CCN(CC(=O)O)CC(=O)O. The van der Waals surface area contributed by atoms with Crippen LogP contribution in [0.5, 0.6) is 0 Å². The minimum atomic E-state index is -1.33. The molecule has 107 heavy (non-hydrogen) atoms. The molecule has 0 fully saturated rings. The van der Waals surface area contributed by atoms with Crippen molar-refractivity contribution in [2.24, 2.45) is 5.41 Å². The third-order valence-electron chi connectivity index (χ3n) is 19.2. The molecule has 0 bridgehead atoms. The molecule has 26 nitrogen and oxygen atoms in total. The van der Waals surface area contributed by atoms with Crippen LogP contribution < -0.4 is 0 Å². The van der Waals surface area contributed by atoms with Crippen LogP contribution in [0.2, 0.25) is 0 Å². The Bertz CT molecular complexity index is 2030. The molecule has 0 saturated carbocycles. The number of carboxylic acid groups (broad SMARTS) is 5. The molecule has 0 aromatic rings. The number of unbranched alkanes of at least 4 members (excludes halogenated alkanes) is 36. The van der Waals surface area contributed by atoms with Gasteiger partial charge in [0.25, 0.3) is 0 Å². The highest BCUT2D eigenvalue weighted by Crippen LogP contribution is 2.25. The number of rotatable bonds is 83. The van der Waals surface area contributed by atoms with E-state index in [-0.39, 0.29) is 142 Å². The van der Waals surface area contributed by atoms with Crippen molar-refractivity contribution in [2.75, 3.05) is 145 Å². The zero-order chi connectivity index (χ0) is 78.9. The molecular formula is C81H150N4O22. The van der Waals surface area contributed by atoms with Gasteiger partial charge in [-0.1, -0.05) is 259 Å². The van der Waals surface area contributed by atoms with Gasteiger partial charge in [0.2, 0.25) is 0 Å². The molecule has 0 saturated heterocycles. The maximum Gasteiger partial charge on any atom is 0.508 e. The summed E-state index contributed by atoms with van der Waals surface area (Å²) in [5.41, 5.74) is -1.05. The van der Waals surface area contributed by atoms with Crippen LogP contribution in [0.3, 0.4) is 0 Å². The molecule has 0 aromatic heterocycles. The lowest BCUT2D eigenvalue weighted by Crippen LogP contribution is -2.50. The third kappa shape index (κ3) is 67.4. The fourth-order valence-electron chi connectivity index (χ4n) is 12.9. The van der Waals surface area contributed by atoms with Crippen LogP contribution in [-0.2, 0) is 76.3 Å². The molecule has 0 amide bonds. The van der Waals surface area contributed by atoms with Gasteiger partial charge in [0.1, 0.15) is 32.5 Å². The van der Waals surface area contributed by atoms with E-state index in [1.807, 2.05) is 6.92 Å². The standard InChI is InChI=1S/C81H150N4O22/c1-5-9-12-15-18-21-24-27-30-33-36-39-42-47-76(94)105-68-81(69-106-77(95)48-43-40-37-34-31-28-25-22-19-16-13-10-6-2,70-107-78(96)49-44-41-38-35-32-29-26-23-20-17-14-11-7-3)67-82(8-4)54-56-100-57-58-101-59-60-102-61-62-104-80(99)103-55-45-46-71(79(97)98)85(52-50-83(63-72(86)87)64-73(88)89)53-51-84(65-74(90)91)66-75(92)93/h71H,5-70H2,1-4H3,(H,86,87)(H,88,89)(H,90,91)(H,92,93)(H,97,98). The summed E-state index contributed by atoms with van der Waals surface area (Å²) in [7, 11) is 0. The highest BCUT2D eigenvalue weighted by molar-refractivity contribution is 5.74. The number of nitrogens with zero attached hydrogens (tertiary/aromatic N) is 4. The Morgan fingerprint density at radius 3 is 0.869 bits per heavy atom. The maximum absolute atomic E-state index is 13.6. The van der Waals surface area contributed by atoms with Gasteiger partial charge in [-0.15, -0.1) is 0 Å². The molecule has 0 radical (unpaired) electrons. The lowest BCUT2D eigenvalue weighted by molar-refractivity contribution is -0.164. The smallest absolute Gasteiger partial charge is 0.480 e. The number of carboxylic acids is 5. The molecule has 626 valence electrons. The topological polar surface area (TPSA) is 342 Å². The van der Waals surface area contributed by atoms with Crippen molar-refractivity contribution in [1.82, 2.24) is 19.6 Å². The number of carbonyl (C=O) groups excluding carboxylic acids is 4. The summed E-state index contributed by atoms with van der Waals surface area (Å²) in [5.74, 6) is -7.57. The molecule has 0 aliphatic carbocycles. The third-order valence-corrected chi connectivity index (χ3v) is 19.2. The zero-order valence-corrected chi connectivity index (χ0v) is 67.2. The number of hydrogen-bond donors (Lipinski definition) is 5. The molecular weight excluding hydrogens is 1380 g/mol. The molecule has 0 heterocycles. The van der Waals surface area contributed by atoms with E-state index < -0.39 is 73.6 Å². The normalized spacial score (nSPS) is 12.0. The summed E-state index contributed by atoms with van der Waals surface area (Å²) in [6, 6.07) is -1.30. The monoisotopic (exact) mass is 1530 g/mol. The van der Waals surface area contributed by atoms with Crippen molar-refractivity contribution < 1.29 is 107 Å². The van der Waals surface area contributed by atoms with Crippen molar-refractivity contribution in [1.29, 1.82) is 0 Å². The number of likely N-dealkylation sites (N-methyl/N-ethyl adjacent to an activating group) is 1. The number of esters is 3. The van der Waals surface area contributed by atoms with Crippen molar-refractivity contribution in [3.05, 3.63) is 0 Å². The van der Waals surface area contributed by atoms with Crippen LogP contribution in [0, 0.1) is 5.41 Å². The molecule has 5 N–H and O–H groups in total. The van der Waals surface area contributed by atoms with E-state index in [9.17, 15) is 68.7 Å². The summed E-state index contributed by atoms with van der Waals surface area (Å²) in [6.07, 6.45) is 46.2. The van der Waals surface area contributed by atoms with E-state index in [0.29, 0.717) is 26.2 Å². The molecule has 0 aliphatic heterocycles. The summed E-state index contributed by atoms with van der Waals surface area (Å²) in [5, 5.41) is 47.4. The minimum Gasteiger partial charge on any atom is -0.480 e. The van der Waals surface area contributed by atoms with E-state index in [1.54, 1.807) is 0 Å². The van der Waals surface area contributed by atoms with Crippen molar-refractivity contribution in [2.45, 2.75) is 316 Å². The molecule has 1 atom stereocenters. The van der Waals surface area contributed by atoms with Crippen LogP contribution in [0.1, 0.15) is 310 Å². The predicted molar refractivity (Wildman–Crippen MR) is 414 cm³/mol. The molecule has 0 spiro atoms. The van der Waals surface area contributed by atoms with Gasteiger partial charge < -0.3 is 68.3 Å². The van der Waals surface area contributed by atoms with Gasteiger partial charge in [0.15, 0.2) is 0 Å². The number of aliphatic carboxylic acids is 5. The fourth-order valence-corrected chi connectivity index (χ4v) is 12.9. The Kier molecular flexibility index (Phi) is 69.9. The second-order valence-electron chi connectivity index (χ2n) is 29.1. The van der Waals surface area contributed by atoms with Crippen LogP contribution in [-0.4, -0.2) is 250 Å². The minimum absolute atomic E-state index is 0.00824. The van der Waals surface area contributed by atoms with Crippen molar-refractivity contribution in [3.8, 4) is 0 Å². The lowest BCUT2D eigenvalue weighted by atomic mass is 9.89. The zero-order valence-electron chi connectivity index (χ0n) is 67.2. The Morgan fingerprint density at radius 1 is 0.299 bits per heavy atom. The van der Waals surface area contributed by atoms with E-state index in [0.717, 1.165) is 86.8 Å². The van der Waals surface area contributed by atoms with Gasteiger partial charge in [-0.05, 0) is 38.6 Å². The highest BCUT2D eigenvalue weighted by Gasteiger charge is 2.38. The molecule has 0 aromatic carbocycles. The van der Waals surface area contributed by atoms with E-state index in [1.165, 1.54) is 178 Å². The van der Waals surface area contributed by atoms with E-state index in [2.05, 4.69) is 25.7 Å². The van der Waals surface area contributed by atoms with Gasteiger partial charge in [0, 0.05) is 58.5 Å². The lowest BCUT2D eigenvalue weighted by Gasteiger charge is -2.36. The summed E-state index contributed by atoms with van der Waals surface area (Å²) >= 11 is 0. The molecule has 26 heteroatoms. The van der Waals surface area contributed by atoms with Gasteiger partial charge in [-0.25, -0.2) is 4.79 Å². The first kappa shape index (κ1) is 102. The van der Waals surface area contributed by atoms with Gasteiger partial charge in [-0.3, -0.25) is 53.1 Å². The molecule has 0 rings (SSSR count). The Morgan fingerprint density at radius 2 is 0.579 bits per heavy atom. The van der Waals surface area contributed by atoms with Crippen molar-refractivity contribution in [3.63, 3.8) is 0 Å². The van der Waals surface area contributed by atoms with Crippen molar-refractivity contribution >= 4 is 53.9 Å². The van der Waals surface area contributed by atoms with Crippen LogP contribution in [0.15, 0.2) is 0 Å². The first-order valence-corrected chi connectivity index (χ1v) is 41.8. The van der Waals surface area contributed by atoms with Crippen LogP contribution >= 0.6 is 0 Å². The van der Waals surface area contributed by atoms with E-state index in [4.69, 9.17) is 37.9 Å². The highest BCUT2D eigenvalue weighted by atomic mass is 16.7. The summed E-state index contributed by atoms with van der Waals surface area (Å²) in [4.78, 5) is 117. The quantitative estimate of drug-likeness (QED) is 0.0214. The second kappa shape index (κ2) is 73.5. The average molecular weight is 1530 g/mol. The first-order chi connectivity index (χ1) is 51.8. The van der Waals surface area contributed by atoms with Crippen LogP contribution in [0.4, 0.5) is 4.79 Å². The van der Waals surface area contributed by atoms with Crippen LogP contribution in [0.25, 0.3) is 0 Å². The number of carbonyl (C=O) groups is 9. The molecule has 0 aliphatic rings. The molecule has 1 unspecified atom stereocenters. The Hall–Kier alpha value is -5.25. The van der Waals surface area contributed by atoms with Gasteiger partial charge in [-0.2, -0.15) is 0 Å². The number of hydrogen-bond acceptors (Lipinski definition) is 21. The average Bonchev–Trinajstić information content (AvgIpc) is 0.842. The summed E-state index contributed by atoms with van der Waals surface area (Å²) < 4.78 is 45.8. The summed E-state index contributed by atoms with van der Waals surface area (Å²) in [6.45, 7) is 7.22. The number of ether oxygens (including phenoxy) is 8. The Balaban J connectivity index is 5.67. The van der Waals surface area contributed by atoms with E-state index >= 15 is 0 Å². The fraction of sp³-hybridized carbons (Fsp3) is 0.889. The van der Waals surface area contributed by atoms with Gasteiger partial charge in [0.05, 0.1) is 77.8 Å². The Labute approximate surface area is 643 Å². The second-order valence-corrected chi connectivity index (χ2v) is 29.1. The largest absolute Gasteiger partial charge is 0.508 e. The maximum atomic E-state index is 13.6. The predicted octanol–water partition coefficient (Wildman–Crippen LogP) is 15.0. The first-order valence-electron chi connectivity index (χ1n) is 41.8.